The van der Waals surface area contributed by atoms with Crippen molar-refractivity contribution in [1.82, 2.24) is 0 Å². The molecule has 0 spiro atoms. The lowest BCUT2D eigenvalue weighted by molar-refractivity contribution is -0.139. The summed E-state index contributed by atoms with van der Waals surface area (Å²) in [5, 5.41) is 8.99. The minimum absolute atomic E-state index is 0.161. The van der Waals surface area contributed by atoms with Crippen molar-refractivity contribution in [3.05, 3.63) is 35.9 Å². The van der Waals surface area contributed by atoms with E-state index in [2.05, 4.69) is 24.3 Å². The second-order valence-electron chi connectivity index (χ2n) is 5.57. The molecule has 0 aromatic heterocycles. The van der Waals surface area contributed by atoms with Crippen molar-refractivity contribution in [2.24, 2.45) is 17.1 Å². The van der Waals surface area contributed by atoms with Crippen molar-refractivity contribution in [3.8, 4) is 0 Å². The van der Waals surface area contributed by atoms with Crippen LogP contribution >= 0.6 is 0 Å². The van der Waals surface area contributed by atoms with Gasteiger partial charge in [0.2, 0.25) is 0 Å². The molecule has 3 heteroatoms. The van der Waals surface area contributed by atoms with E-state index in [1.807, 2.05) is 6.07 Å². The Morgan fingerprint density at radius 2 is 2.11 bits per heavy atom. The maximum absolute atomic E-state index is 10.9. The molecule has 0 radical (unpaired) electrons. The monoisotopic (exact) mass is 247 g/mol. The molecule has 2 atom stereocenters. The average Bonchev–Trinajstić information content (AvgIpc) is 2.73. The molecule has 1 aromatic carbocycles. The van der Waals surface area contributed by atoms with E-state index in [4.69, 9.17) is 10.8 Å². The van der Waals surface area contributed by atoms with Crippen LogP contribution in [0.15, 0.2) is 30.3 Å². The van der Waals surface area contributed by atoms with Crippen LogP contribution in [0.4, 0.5) is 0 Å². The van der Waals surface area contributed by atoms with Crippen LogP contribution in [-0.4, -0.2) is 17.6 Å². The normalized spacial score (nSPS) is 27.3. The molecule has 0 aliphatic heterocycles. The number of nitrogens with two attached hydrogens (primary N) is 1. The maximum Gasteiger partial charge on any atom is 0.303 e. The number of hydrogen-bond donors (Lipinski definition) is 2. The molecule has 1 saturated carbocycles. The lowest BCUT2D eigenvalue weighted by Gasteiger charge is -2.25. The van der Waals surface area contributed by atoms with Crippen molar-refractivity contribution in [1.29, 1.82) is 0 Å². The Hall–Kier alpha value is -1.35. The van der Waals surface area contributed by atoms with E-state index in [0.29, 0.717) is 12.5 Å². The van der Waals surface area contributed by atoms with E-state index in [0.717, 1.165) is 25.7 Å². The SMILES string of the molecule is NC[C@@]1(CC(=O)O)CC[C@H](Cc2ccccc2)C1. The van der Waals surface area contributed by atoms with Gasteiger partial charge in [-0.1, -0.05) is 30.3 Å². The summed E-state index contributed by atoms with van der Waals surface area (Å²) >= 11 is 0. The molecule has 1 aliphatic carbocycles. The highest BCUT2D eigenvalue weighted by atomic mass is 16.4. The molecular formula is C15H21NO2. The molecule has 3 nitrogen and oxygen atoms in total. The van der Waals surface area contributed by atoms with Gasteiger partial charge < -0.3 is 10.8 Å². The second-order valence-corrected chi connectivity index (χ2v) is 5.57. The minimum Gasteiger partial charge on any atom is -0.481 e. The van der Waals surface area contributed by atoms with E-state index in [1.165, 1.54) is 5.56 Å². The number of carbonyl (C=O) groups is 1. The smallest absolute Gasteiger partial charge is 0.303 e. The summed E-state index contributed by atoms with van der Waals surface area (Å²) in [5.74, 6) is -0.142. The fourth-order valence-electron chi connectivity index (χ4n) is 3.19. The third-order valence-corrected chi connectivity index (χ3v) is 4.13. The zero-order chi connectivity index (χ0) is 13.0. The third kappa shape index (κ3) is 3.10. The highest BCUT2D eigenvalue weighted by Crippen LogP contribution is 2.44. The predicted octanol–water partition coefficient (Wildman–Crippen LogP) is 2.45. The number of carboxylic acid groups (broad SMARTS) is 1. The zero-order valence-electron chi connectivity index (χ0n) is 10.6. The predicted molar refractivity (Wildman–Crippen MR) is 71.2 cm³/mol. The van der Waals surface area contributed by atoms with Gasteiger partial charge in [-0.2, -0.15) is 0 Å². The van der Waals surface area contributed by atoms with Crippen LogP contribution in [0.3, 0.4) is 0 Å². The molecule has 2 rings (SSSR count). The molecule has 1 fully saturated rings. The lowest BCUT2D eigenvalue weighted by Crippen LogP contribution is -2.30. The molecule has 0 heterocycles. The van der Waals surface area contributed by atoms with Crippen molar-refractivity contribution in [2.75, 3.05) is 6.54 Å². The van der Waals surface area contributed by atoms with Gasteiger partial charge in [-0.15, -0.1) is 0 Å². The van der Waals surface area contributed by atoms with Crippen LogP contribution in [0.5, 0.6) is 0 Å². The first kappa shape index (κ1) is 13.1. The quantitative estimate of drug-likeness (QED) is 0.840. The Kier molecular flexibility index (Phi) is 4.02. The number of hydrogen-bond acceptors (Lipinski definition) is 2. The summed E-state index contributed by atoms with van der Waals surface area (Å²) < 4.78 is 0. The summed E-state index contributed by atoms with van der Waals surface area (Å²) in [5.41, 5.74) is 6.99. The molecule has 3 N–H and O–H groups in total. The summed E-state index contributed by atoms with van der Waals surface area (Å²) in [6.45, 7) is 0.491. The Balaban J connectivity index is 1.97. The van der Waals surface area contributed by atoms with Gasteiger partial charge in [0, 0.05) is 0 Å². The van der Waals surface area contributed by atoms with Gasteiger partial charge >= 0.3 is 5.97 Å². The van der Waals surface area contributed by atoms with E-state index in [1.54, 1.807) is 0 Å². The zero-order valence-corrected chi connectivity index (χ0v) is 10.6. The fraction of sp³-hybridized carbons (Fsp3) is 0.533. The van der Waals surface area contributed by atoms with Gasteiger partial charge in [-0.3, -0.25) is 4.79 Å². The minimum atomic E-state index is -0.721. The molecule has 1 aliphatic rings. The number of benzene rings is 1. The van der Waals surface area contributed by atoms with Crippen molar-refractivity contribution in [2.45, 2.75) is 32.1 Å². The van der Waals surface area contributed by atoms with E-state index < -0.39 is 5.97 Å². The molecule has 1 aromatic rings. The second kappa shape index (κ2) is 5.53. The van der Waals surface area contributed by atoms with Crippen LogP contribution in [-0.2, 0) is 11.2 Å². The molecule has 0 unspecified atom stereocenters. The fourth-order valence-corrected chi connectivity index (χ4v) is 3.19. The Labute approximate surface area is 108 Å². The van der Waals surface area contributed by atoms with Crippen LogP contribution in [0.2, 0.25) is 0 Å². The van der Waals surface area contributed by atoms with Gasteiger partial charge in [-0.05, 0) is 49.1 Å². The van der Waals surface area contributed by atoms with E-state index in [-0.39, 0.29) is 11.8 Å². The molecule has 98 valence electrons. The molecule has 18 heavy (non-hydrogen) atoms. The van der Waals surface area contributed by atoms with Crippen LogP contribution in [0.1, 0.15) is 31.2 Å². The van der Waals surface area contributed by atoms with Gasteiger partial charge in [-0.25, -0.2) is 0 Å². The Bertz CT molecular complexity index is 404. The third-order valence-electron chi connectivity index (χ3n) is 4.13. The average molecular weight is 247 g/mol. The van der Waals surface area contributed by atoms with Gasteiger partial charge in [0.1, 0.15) is 0 Å². The maximum atomic E-state index is 10.9. The topological polar surface area (TPSA) is 63.3 Å². The Morgan fingerprint density at radius 1 is 1.39 bits per heavy atom. The highest BCUT2D eigenvalue weighted by Gasteiger charge is 2.39. The van der Waals surface area contributed by atoms with E-state index >= 15 is 0 Å². The van der Waals surface area contributed by atoms with Crippen molar-refractivity contribution < 1.29 is 9.90 Å². The van der Waals surface area contributed by atoms with Gasteiger partial charge in [0.25, 0.3) is 0 Å². The highest BCUT2D eigenvalue weighted by molar-refractivity contribution is 5.67. The van der Waals surface area contributed by atoms with Crippen LogP contribution < -0.4 is 5.73 Å². The number of aliphatic carboxylic acids is 1. The number of carboxylic acids is 1. The molecule has 0 bridgehead atoms. The largest absolute Gasteiger partial charge is 0.481 e. The first-order chi connectivity index (χ1) is 8.63. The van der Waals surface area contributed by atoms with Crippen LogP contribution in [0.25, 0.3) is 0 Å². The first-order valence-corrected chi connectivity index (χ1v) is 6.59. The summed E-state index contributed by atoms with van der Waals surface area (Å²) in [7, 11) is 0. The van der Waals surface area contributed by atoms with Crippen LogP contribution in [0, 0.1) is 11.3 Å². The van der Waals surface area contributed by atoms with Crippen molar-refractivity contribution in [3.63, 3.8) is 0 Å². The summed E-state index contributed by atoms with van der Waals surface area (Å²) in [4.78, 5) is 10.9. The van der Waals surface area contributed by atoms with Crippen molar-refractivity contribution >= 4 is 5.97 Å². The first-order valence-electron chi connectivity index (χ1n) is 6.59. The molecular weight excluding hydrogens is 226 g/mol. The lowest BCUT2D eigenvalue weighted by atomic mass is 9.81. The standard InChI is InChI=1S/C15H21NO2/c16-11-15(10-14(17)18)7-6-13(9-15)8-12-4-2-1-3-5-12/h1-5,13H,6-11,16H2,(H,17,18)/t13-,15+/m1/s1. The van der Waals surface area contributed by atoms with Gasteiger partial charge in [0.05, 0.1) is 6.42 Å². The summed E-state index contributed by atoms with van der Waals surface area (Å²) in [6, 6.07) is 10.4. The van der Waals surface area contributed by atoms with Gasteiger partial charge in [0.15, 0.2) is 0 Å². The number of rotatable bonds is 5. The Morgan fingerprint density at radius 3 is 2.72 bits per heavy atom. The summed E-state index contributed by atoms with van der Waals surface area (Å²) in [6.07, 6.45) is 4.26. The molecule has 0 amide bonds. The van der Waals surface area contributed by atoms with E-state index in [9.17, 15) is 4.79 Å². The molecule has 0 saturated heterocycles.